The SMILES string of the molecule is CCC(F)C(F)(F)Oc1ccc(C=O)cc1C(F)(F)F. The molecule has 0 aromatic heterocycles. The van der Waals surface area contributed by atoms with Crippen LogP contribution < -0.4 is 4.74 Å². The van der Waals surface area contributed by atoms with Crippen LogP contribution in [0.15, 0.2) is 18.2 Å². The minimum atomic E-state index is -5.01. The van der Waals surface area contributed by atoms with Gasteiger partial charge in [0.05, 0.1) is 5.56 Å². The van der Waals surface area contributed by atoms with E-state index < -0.39 is 36.2 Å². The molecule has 0 radical (unpaired) electrons. The van der Waals surface area contributed by atoms with E-state index in [1.54, 1.807) is 0 Å². The highest BCUT2D eigenvalue weighted by Gasteiger charge is 2.44. The number of ether oxygens (including phenoxy) is 1. The standard InChI is InChI=1S/C12H10F6O2/c1-2-10(13)12(17,18)20-9-4-3-7(6-19)5-8(9)11(14,15)16/h3-6,10H,2H2,1H3. The topological polar surface area (TPSA) is 26.3 Å². The lowest BCUT2D eigenvalue weighted by molar-refractivity contribution is -0.223. The maximum Gasteiger partial charge on any atom is 0.429 e. The van der Waals surface area contributed by atoms with Gasteiger partial charge >= 0.3 is 12.3 Å². The Morgan fingerprint density at radius 1 is 1.25 bits per heavy atom. The highest BCUT2D eigenvalue weighted by atomic mass is 19.4. The predicted molar refractivity (Wildman–Crippen MR) is 57.6 cm³/mol. The third-order valence-corrected chi connectivity index (χ3v) is 2.41. The molecule has 0 heterocycles. The Morgan fingerprint density at radius 2 is 1.85 bits per heavy atom. The van der Waals surface area contributed by atoms with Gasteiger partial charge in [-0.05, 0) is 24.6 Å². The summed E-state index contributed by atoms with van der Waals surface area (Å²) in [6.45, 7) is 1.10. The molecule has 8 heteroatoms. The molecule has 1 aromatic carbocycles. The summed E-state index contributed by atoms with van der Waals surface area (Å²) in [6.07, 6.45) is -12.6. The van der Waals surface area contributed by atoms with E-state index in [2.05, 4.69) is 4.74 Å². The summed E-state index contributed by atoms with van der Waals surface area (Å²) in [7, 11) is 0. The molecule has 1 aromatic rings. The number of hydrogen-bond acceptors (Lipinski definition) is 2. The van der Waals surface area contributed by atoms with Crippen LogP contribution in [0.4, 0.5) is 26.3 Å². The largest absolute Gasteiger partial charge is 0.430 e. The van der Waals surface area contributed by atoms with Gasteiger partial charge in [-0.1, -0.05) is 6.92 Å². The minimum absolute atomic E-state index is 0.126. The summed E-state index contributed by atoms with van der Waals surface area (Å²) >= 11 is 0. The van der Waals surface area contributed by atoms with E-state index in [9.17, 15) is 31.1 Å². The van der Waals surface area contributed by atoms with Gasteiger partial charge in [0.1, 0.15) is 12.0 Å². The maximum absolute atomic E-state index is 13.2. The van der Waals surface area contributed by atoms with Gasteiger partial charge in [0.25, 0.3) is 0 Å². The van der Waals surface area contributed by atoms with Crippen molar-refractivity contribution in [2.24, 2.45) is 0 Å². The molecule has 0 bridgehead atoms. The Labute approximate surface area is 110 Å². The van der Waals surface area contributed by atoms with E-state index in [4.69, 9.17) is 0 Å². The zero-order chi connectivity index (χ0) is 15.6. The van der Waals surface area contributed by atoms with E-state index in [1.807, 2.05) is 0 Å². The Morgan fingerprint density at radius 3 is 2.30 bits per heavy atom. The molecule has 0 fully saturated rings. The van der Waals surface area contributed by atoms with E-state index >= 15 is 0 Å². The lowest BCUT2D eigenvalue weighted by Gasteiger charge is -2.23. The second kappa shape index (κ2) is 5.72. The Hall–Kier alpha value is -1.73. The first-order valence-electron chi connectivity index (χ1n) is 5.49. The van der Waals surface area contributed by atoms with Gasteiger partial charge in [-0.25, -0.2) is 4.39 Å². The first-order chi connectivity index (χ1) is 9.11. The fourth-order valence-corrected chi connectivity index (χ4v) is 1.38. The van der Waals surface area contributed by atoms with Gasteiger partial charge in [-0.2, -0.15) is 22.0 Å². The molecule has 1 unspecified atom stereocenters. The molecular weight excluding hydrogens is 290 g/mol. The van der Waals surface area contributed by atoms with Crippen molar-refractivity contribution in [1.82, 2.24) is 0 Å². The van der Waals surface area contributed by atoms with Crippen LogP contribution in [0.3, 0.4) is 0 Å². The minimum Gasteiger partial charge on any atom is -0.430 e. The van der Waals surface area contributed by atoms with E-state index in [0.29, 0.717) is 12.1 Å². The average molecular weight is 300 g/mol. The van der Waals surface area contributed by atoms with Crippen LogP contribution in [0.5, 0.6) is 5.75 Å². The normalized spacial score (nSPS) is 13.9. The molecule has 2 nitrogen and oxygen atoms in total. The molecule has 0 aliphatic heterocycles. The molecule has 0 amide bonds. The van der Waals surface area contributed by atoms with Crippen molar-refractivity contribution >= 4 is 6.29 Å². The van der Waals surface area contributed by atoms with Gasteiger partial charge in [0, 0.05) is 5.56 Å². The third kappa shape index (κ3) is 3.64. The van der Waals surface area contributed by atoms with Crippen LogP contribution in [0.25, 0.3) is 0 Å². The Bertz CT molecular complexity index is 483. The molecule has 20 heavy (non-hydrogen) atoms. The molecule has 0 saturated heterocycles. The highest BCUT2D eigenvalue weighted by Crippen LogP contribution is 2.39. The van der Waals surface area contributed by atoms with Crippen LogP contribution in [-0.2, 0) is 6.18 Å². The molecule has 1 rings (SSSR count). The summed E-state index contributed by atoms with van der Waals surface area (Å²) in [5, 5.41) is 0. The van der Waals surface area contributed by atoms with Gasteiger partial charge in [0.2, 0.25) is 6.17 Å². The van der Waals surface area contributed by atoms with Crippen molar-refractivity contribution in [3.05, 3.63) is 29.3 Å². The molecule has 0 aliphatic rings. The smallest absolute Gasteiger partial charge is 0.429 e. The molecule has 0 aliphatic carbocycles. The van der Waals surface area contributed by atoms with E-state index in [0.717, 1.165) is 13.0 Å². The van der Waals surface area contributed by atoms with Crippen molar-refractivity contribution < 1.29 is 35.9 Å². The lowest BCUT2D eigenvalue weighted by atomic mass is 10.1. The summed E-state index contributed by atoms with van der Waals surface area (Å²) in [5.74, 6) is -1.23. The first-order valence-corrected chi connectivity index (χ1v) is 5.49. The molecule has 0 N–H and O–H groups in total. The van der Waals surface area contributed by atoms with Crippen LogP contribution in [-0.4, -0.2) is 18.6 Å². The number of hydrogen-bond donors (Lipinski definition) is 0. The Balaban J connectivity index is 3.21. The number of aldehydes is 1. The van der Waals surface area contributed by atoms with Gasteiger partial charge in [0.15, 0.2) is 0 Å². The van der Waals surface area contributed by atoms with Crippen molar-refractivity contribution in [2.45, 2.75) is 31.8 Å². The molecular formula is C12H10F6O2. The number of alkyl halides is 6. The fourth-order valence-electron chi connectivity index (χ4n) is 1.38. The lowest BCUT2D eigenvalue weighted by Crippen LogP contribution is -2.36. The number of halogens is 6. The summed E-state index contributed by atoms with van der Waals surface area (Å²) < 4.78 is 81.3. The Kier molecular flexibility index (Phi) is 4.67. The van der Waals surface area contributed by atoms with E-state index in [1.165, 1.54) is 0 Å². The average Bonchev–Trinajstić information content (AvgIpc) is 2.36. The molecule has 112 valence electrons. The van der Waals surface area contributed by atoms with Gasteiger partial charge in [-0.3, -0.25) is 4.79 Å². The van der Waals surface area contributed by atoms with Crippen molar-refractivity contribution in [3.63, 3.8) is 0 Å². The number of carbonyl (C=O) groups excluding carboxylic acids is 1. The van der Waals surface area contributed by atoms with Crippen LogP contribution in [0.1, 0.15) is 29.3 Å². The molecule has 0 saturated carbocycles. The maximum atomic E-state index is 13.2. The zero-order valence-corrected chi connectivity index (χ0v) is 10.2. The van der Waals surface area contributed by atoms with Crippen LogP contribution >= 0.6 is 0 Å². The number of rotatable bonds is 5. The fraction of sp³-hybridized carbons (Fsp3) is 0.417. The third-order valence-electron chi connectivity index (χ3n) is 2.41. The monoisotopic (exact) mass is 300 g/mol. The number of carbonyl (C=O) groups is 1. The molecule has 0 spiro atoms. The second-order valence-electron chi connectivity index (χ2n) is 3.91. The predicted octanol–water partition coefficient (Wildman–Crippen LogP) is 4.24. The van der Waals surface area contributed by atoms with Crippen LogP contribution in [0, 0.1) is 0 Å². The highest BCUT2D eigenvalue weighted by molar-refractivity contribution is 5.75. The molecule has 1 atom stereocenters. The zero-order valence-electron chi connectivity index (χ0n) is 10.2. The summed E-state index contributed by atoms with van der Waals surface area (Å²) in [5.41, 5.74) is -1.93. The second-order valence-corrected chi connectivity index (χ2v) is 3.91. The summed E-state index contributed by atoms with van der Waals surface area (Å²) in [6, 6.07) is 1.79. The van der Waals surface area contributed by atoms with Crippen molar-refractivity contribution in [3.8, 4) is 5.75 Å². The van der Waals surface area contributed by atoms with Gasteiger partial charge in [-0.15, -0.1) is 0 Å². The van der Waals surface area contributed by atoms with Crippen LogP contribution in [0.2, 0.25) is 0 Å². The number of benzene rings is 1. The van der Waals surface area contributed by atoms with Gasteiger partial charge < -0.3 is 4.74 Å². The van der Waals surface area contributed by atoms with Crippen molar-refractivity contribution in [2.75, 3.05) is 0 Å². The first kappa shape index (κ1) is 16.3. The van der Waals surface area contributed by atoms with Crippen molar-refractivity contribution in [1.29, 1.82) is 0 Å². The van der Waals surface area contributed by atoms with E-state index in [-0.39, 0.29) is 11.8 Å². The summed E-state index contributed by atoms with van der Waals surface area (Å²) in [4.78, 5) is 10.4. The quantitative estimate of drug-likeness (QED) is 0.600.